The number of aliphatic hydroxyl groups excluding tert-OH is 1. The van der Waals surface area contributed by atoms with Gasteiger partial charge in [-0.05, 0) is 56.7 Å². The molecule has 0 amide bonds. The molecule has 0 bridgehead atoms. The number of hydrogen-bond acceptors (Lipinski definition) is 7. The van der Waals surface area contributed by atoms with E-state index in [1.807, 2.05) is 42.5 Å². The van der Waals surface area contributed by atoms with Gasteiger partial charge in [-0.3, -0.25) is 4.98 Å². The number of nitrogens with zero attached hydrogens (tertiary/aromatic N) is 4. The molecule has 4 aromatic rings. The molecule has 0 aliphatic rings. The minimum atomic E-state index is -1.000. The summed E-state index contributed by atoms with van der Waals surface area (Å²) in [5.74, 6) is 1.17. The largest absolute Gasteiger partial charge is 0.490 e. The maximum absolute atomic E-state index is 10.2. The van der Waals surface area contributed by atoms with Gasteiger partial charge < -0.3 is 20.7 Å². The molecule has 8 heteroatoms. The van der Waals surface area contributed by atoms with E-state index in [-0.39, 0.29) is 19.3 Å². The summed E-state index contributed by atoms with van der Waals surface area (Å²) in [6.07, 6.45) is 3.55. The molecule has 1 aromatic carbocycles. The number of fused-ring (bicyclic) bond motifs is 1. The van der Waals surface area contributed by atoms with E-state index in [2.05, 4.69) is 17.0 Å². The predicted molar refractivity (Wildman–Crippen MR) is 132 cm³/mol. The highest BCUT2D eigenvalue weighted by Crippen LogP contribution is 2.34. The molecule has 0 saturated heterocycles. The fraction of sp³-hybridized carbons (Fsp3) is 0.346. The molecule has 0 spiro atoms. The van der Waals surface area contributed by atoms with E-state index < -0.39 is 5.60 Å². The molecule has 0 fully saturated rings. The zero-order valence-electron chi connectivity index (χ0n) is 19.8. The Labute approximate surface area is 199 Å². The summed E-state index contributed by atoms with van der Waals surface area (Å²) >= 11 is 0. The van der Waals surface area contributed by atoms with Crippen molar-refractivity contribution >= 4 is 10.9 Å². The second-order valence-electron chi connectivity index (χ2n) is 9.05. The zero-order chi connectivity index (χ0) is 24.3. The quantitative estimate of drug-likeness (QED) is 0.345. The first-order chi connectivity index (χ1) is 16.3. The smallest absolute Gasteiger partial charge is 0.154 e. The third-order valence-corrected chi connectivity index (χ3v) is 5.45. The van der Waals surface area contributed by atoms with E-state index in [1.54, 1.807) is 30.8 Å². The number of pyridine rings is 2. The SMILES string of the molecule is CCCC(N)c1cccc(-c2cc(OCC(C)(C)O)c3cnn(-c4cccc(CO)n4)c3c2)n1. The third kappa shape index (κ3) is 5.25. The predicted octanol–water partition coefficient (Wildman–Crippen LogP) is 3.92. The fourth-order valence-electron chi connectivity index (χ4n) is 3.75. The first-order valence-electron chi connectivity index (χ1n) is 11.5. The highest BCUT2D eigenvalue weighted by molar-refractivity contribution is 5.90. The van der Waals surface area contributed by atoms with Crippen LogP contribution in [0.2, 0.25) is 0 Å². The van der Waals surface area contributed by atoms with Crippen molar-refractivity contribution in [3.05, 3.63) is 66.1 Å². The molecule has 1 atom stereocenters. The monoisotopic (exact) mass is 461 g/mol. The Morgan fingerprint density at radius 2 is 1.91 bits per heavy atom. The Kier molecular flexibility index (Phi) is 6.92. The lowest BCUT2D eigenvalue weighted by molar-refractivity contribution is 0.0290. The summed E-state index contributed by atoms with van der Waals surface area (Å²) in [5, 5.41) is 25.1. The normalized spacial score (nSPS) is 12.8. The van der Waals surface area contributed by atoms with Gasteiger partial charge in [0.15, 0.2) is 5.82 Å². The maximum atomic E-state index is 10.2. The van der Waals surface area contributed by atoms with E-state index in [9.17, 15) is 10.2 Å². The Morgan fingerprint density at radius 1 is 1.12 bits per heavy atom. The van der Waals surface area contributed by atoms with Gasteiger partial charge in [-0.25, -0.2) is 9.67 Å². The maximum Gasteiger partial charge on any atom is 0.154 e. The van der Waals surface area contributed by atoms with Crippen LogP contribution in [0.5, 0.6) is 5.75 Å². The topological polar surface area (TPSA) is 119 Å². The van der Waals surface area contributed by atoms with Crippen LogP contribution in [0.1, 0.15) is 51.0 Å². The molecule has 3 aromatic heterocycles. The number of hydrogen-bond donors (Lipinski definition) is 3. The molecule has 8 nitrogen and oxygen atoms in total. The lowest BCUT2D eigenvalue weighted by Gasteiger charge is -2.19. The summed E-state index contributed by atoms with van der Waals surface area (Å²) in [6, 6.07) is 15.0. The lowest BCUT2D eigenvalue weighted by Crippen LogP contribution is -2.27. The Bertz CT molecular complexity index is 1280. The molecule has 0 aliphatic heterocycles. The molecule has 4 N–H and O–H groups in total. The van der Waals surface area contributed by atoms with E-state index in [1.165, 1.54) is 0 Å². The molecule has 1 unspecified atom stereocenters. The minimum absolute atomic E-state index is 0.115. The number of nitrogens with two attached hydrogens (primary N) is 1. The molecular formula is C26H31N5O3. The van der Waals surface area contributed by atoms with Crippen LogP contribution in [-0.4, -0.2) is 42.2 Å². The van der Waals surface area contributed by atoms with Gasteiger partial charge in [-0.2, -0.15) is 5.10 Å². The molecule has 0 saturated carbocycles. The first-order valence-corrected chi connectivity index (χ1v) is 11.5. The van der Waals surface area contributed by atoms with Gasteiger partial charge in [-0.15, -0.1) is 0 Å². The second-order valence-corrected chi connectivity index (χ2v) is 9.05. The van der Waals surface area contributed by atoms with Crippen molar-refractivity contribution in [1.82, 2.24) is 19.7 Å². The van der Waals surface area contributed by atoms with Crippen LogP contribution in [0.15, 0.2) is 54.7 Å². The first kappa shape index (κ1) is 23.8. The van der Waals surface area contributed by atoms with E-state index in [0.29, 0.717) is 17.3 Å². The highest BCUT2D eigenvalue weighted by atomic mass is 16.5. The van der Waals surface area contributed by atoms with Crippen molar-refractivity contribution in [2.24, 2.45) is 5.73 Å². The summed E-state index contributed by atoms with van der Waals surface area (Å²) in [5.41, 5.74) is 9.09. The summed E-state index contributed by atoms with van der Waals surface area (Å²) < 4.78 is 7.75. The van der Waals surface area contributed by atoms with Crippen LogP contribution in [-0.2, 0) is 6.61 Å². The van der Waals surface area contributed by atoms with Gasteiger partial charge >= 0.3 is 0 Å². The molecule has 4 rings (SSSR count). The zero-order valence-corrected chi connectivity index (χ0v) is 19.8. The number of benzene rings is 1. The van der Waals surface area contributed by atoms with Gasteiger partial charge in [0, 0.05) is 11.6 Å². The standard InChI is InChI=1S/C26H31N5O3/c1-4-7-20(27)22-10-6-9-21(30-22)17-12-23-19(24(13-17)34-16-26(2,3)33)14-28-31(23)25-11-5-8-18(15-32)29-25/h5-6,8-14,20,32-33H,4,7,15-16,27H2,1-3H3. The summed E-state index contributed by atoms with van der Waals surface area (Å²) in [7, 11) is 0. The van der Waals surface area contributed by atoms with E-state index >= 15 is 0 Å². The average molecular weight is 462 g/mol. The second kappa shape index (κ2) is 9.89. The van der Waals surface area contributed by atoms with Crippen LogP contribution in [0.25, 0.3) is 28.0 Å². The van der Waals surface area contributed by atoms with Gasteiger partial charge in [0.1, 0.15) is 12.4 Å². The number of aromatic nitrogens is 4. The van der Waals surface area contributed by atoms with Gasteiger partial charge in [0.2, 0.25) is 0 Å². The van der Waals surface area contributed by atoms with E-state index in [0.717, 1.165) is 40.7 Å². The van der Waals surface area contributed by atoms with Crippen molar-refractivity contribution < 1.29 is 14.9 Å². The average Bonchev–Trinajstić information content (AvgIpc) is 3.26. The molecule has 34 heavy (non-hydrogen) atoms. The molecule has 0 radical (unpaired) electrons. The number of rotatable bonds is 9. The van der Waals surface area contributed by atoms with Crippen molar-refractivity contribution in [3.63, 3.8) is 0 Å². The fourth-order valence-corrected chi connectivity index (χ4v) is 3.75. The summed E-state index contributed by atoms with van der Waals surface area (Å²) in [6.45, 7) is 5.45. The van der Waals surface area contributed by atoms with Crippen LogP contribution in [0.4, 0.5) is 0 Å². The van der Waals surface area contributed by atoms with Gasteiger partial charge in [0.25, 0.3) is 0 Å². The van der Waals surface area contributed by atoms with Crippen LogP contribution < -0.4 is 10.5 Å². The molecule has 0 aliphatic carbocycles. The minimum Gasteiger partial charge on any atom is -0.490 e. The summed E-state index contributed by atoms with van der Waals surface area (Å²) in [4.78, 5) is 9.32. The van der Waals surface area contributed by atoms with Crippen LogP contribution in [0, 0.1) is 0 Å². The molecule has 178 valence electrons. The molecule has 3 heterocycles. The van der Waals surface area contributed by atoms with Gasteiger partial charge in [-0.1, -0.05) is 25.5 Å². The van der Waals surface area contributed by atoms with Crippen molar-refractivity contribution in [1.29, 1.82) is 0 Å². The Morgan fingerprint density at radius 3 is 2.65 bits per heavy atom. The third-order valence-electron chi connectivity index (χ3n) is 5.45. The van der Waals surface area contributed by atoms with Crippen molar-refractivity contribution in [3.8, 4) is 22.8 Å². The van der Waals surface area contributed by atoms with Crippen LogP contribution in [0.3, 0.4) is 0 Å². The Hall–Kier alpha value is -3.33. The van der Waals surface area contributed by atoms with Crippen LogP contribution >= 0.6 is 0 Å². The van der Waals surface area contributed by atoms with E-state index in [4.69, 9.17) is 15.5 Å². The Balaban J connectivity index is 1.86. The van der Waals surface area contributed by atoms with Gasteiger partial charge in [0.05, 0.1) is 46.4 Å². The van der Waals surface area contributed by atoms with Crippen molar-refractivity contribution in [2.75, 3.05) is 6.61 Å². The van der Waals surface area contributed by atoms with Crippen molar-refractivity contribution in [2.45, 2.75) is 51.9 Å². The lowest BCUT2D eigenvalue weighted by atomic mass is 10.0. The number of ether oxygens (including phenoxy) is 1. The number of aliphatic hydroxyl groups is 2. The molecular weight excluding hydrogens is 430 g/mol. The highest BCUT2D eigenvalue weighted by Gasteiger charge is 2.19.